The van der Waals surface area contributed by atoms with Crippen LogP contribution in [0.15, 0.2) is 83.9 Å². The lowest BCUT2D eigenvalue weighted by molar-refractivity contribution is -0.152. The maximum absolute atomic E-state index is 13.8. The van der Waals surface area contributed by atoms with Crippen LogP contribution in [0.25, 0.3) is 27.5 Å². The molecule has 10 heteroatoms. The number of ether oxygens (including phenoxy) is 1. The fraction of sp³-hybridized carbons (Fsp3) is 0.200. The van der Waals surface area contributed by atoms with Gasteiger partial charge in [0.1, 0.15) is 12.1 Å². The molecule has 0 aliphatic carbocycles. The van der Waals surface area contributed by atoms with Crippen LogP contribution in [0.5, 0.6) is 0 Å². The van der Waals surface area contributed by atoms with Gasteiger partial charge in [0, 0.05) is 38.4 Å². The lowest BCUT2D eigenvalue weighted by atomic mass is 10.1. The average Bonchev–Trinajstić information content (AvgIpc) is 3.28. The molecule has 206 valence electrons. The Kier molecular flexibility index (Phi) is 7.29. The van der Waals surface area contributed by atoms with E-state index in [4.69, 9.17) is 27.9 Å². The Morgan fingerprint density at radius 1 is 0.925 bits per heavy atom. The fourth-order valence-electron chi connectivity index (χ4n) is 4.49. The molecule has 7 nitrogen and oxygen atoms in total. The minimum atomic E-state index is -4.24. The summed E-state index contributed by atoms with van der Waals surface area (Å²) in [6.45, 7) is 6.59. The molecule has 5 rings (SSSR count). The van der Waals surface area contributed by atoms with E-state index in [1.165, 1.54) is 18.2 Å². The second-order valence-electron chi connectivity index (χ2n) is 10.5. The van der Waals surface area contributed by atoms with Gasteiger partial charge < -0.3 is 9.30 Å². The normalized spacial score (nSPS) is 12.2. The lowest BCUT2D eigenvalue weighted by Crippen LogP contribution is -2.39. The molecule has 0 saturated heterocycles. The Bertz CT molecular complexity index is 1860. The van der Waals surface area contributed by atoms with E-state index in [-0.39, 0.29) is 14.9 Å². The Hall–Kier alpha value is -3.59. The second-order valence-corrected chi connectivity index (χ2v) is 13.2. The first-order valence-electron chi connectivity index (χ1n) is 12.5. The van der Waals surface area contributed by atoms with Crippen molar-refractivity contribution in [1.82, 2.24) is 9.55 Å². The molecule has 3 aromatic carbocycles. The number of benzene rings is 3. The number of hydrogen-bond donors (Lipinski definition) is 0. The molecule has 0 N–H and O–H groups in total. The molecule has 0 amide bonds. The number of halogens is 2. The number of carbonyl (C=O) groups is 1. The SMILES string of the molecule is Cc1ccc2cc(-n3ccc4cc(N(CC(=O)OC(C)(C)C)S(=O)(=O)c5cc(Cl)cc(Cl)c5)ccc43)ccc2n1. The second kappa shape index (κ2) is 10.4. The van der Waals surface area contributed by atoms with Crippen LogP contribution in [0.4, 0.5) is 5.69 Å². The fourth-order valence-corrected chi connectivity index (χ4v) is 6.61. The zero-order valence-corrected chi connectivity index (χ0v) is 24.7. The molecule has 2 heterocycles. The van der Waals surface area contributed by atoms with E-state index in [0.29, 0.717) is 5.69 Å². The number of pyridine rings is 1. The van der Waals surface area contributed by atoms with Crippen molar-refractivity contribution in [2.24, 2.45) is 0 Å². The van der Waals surface area contributed by atoms with Crippen LogP contribution >= 0.6 is 23.2 Å². The minimum Gasteiger partial charge on any atom is -0.459 e. The van der Waals surface area contributed by atoms with Crippen molar-refractivity contribution >= 4 is 66.7 Å². The molecule has 0 aliphatic heterocycles. The Morgan fingerprint density at radius 3 is 2.35 bits per heavy atom. The van der Waals surface area contributed by atoms with Gasteiger partial charge >= 0.3 is 5.97 Å². The van der Waals surface area contributed by atoms with E-state index in [9.17, 15) is 13.2 Å². The van der Waals surface area contributed by atoms with Crippen LogP contribution in [0.3, 0.4) is 0 Å². The third-order valence-corrected chi connectivity index (χ3v) is 8.36. The highest BCUT2D eigenvalue weighted by molar-refractivity contribution is 7.92. The van der Waals surface area contributed by atoms with E-state index in [1.807, 2.05) is 54.1 Å². The van der Waals surface area contributed by atoms with Gasteiger partial charge in [-0.3, -0.25) is 14.1 Å². The summed E-state index contributed by atoms with van der Waals surface area (Å²) in [5, 5.41) is 2.12. The number of rotatable bonds is 6. The predicted octanol–water partition coefficient (Wildman–Crippen LogP) is 7.33. The summed E-state index contributed by atoms with van der Waals surface area (Å²) < 4.78 is 36.2. The van der Waals surface area contributed by atoms with Crippen molar-refractivity contribution in [2.45, 2.75) is 38.2 Å². The van der Waals surface area contributed by atoms with Crippen molar-refractivity contribution in [1.29, 1.82) is 0 Å². The van der Waals surface area contributed by atoms with Gasteiger partial charge in [-0.25, -0.2) is 8.42 Å². The third kappa shape index (κ3) is 5.80. The number of aromatic nitrogens is 2. The molecule has 0 saturated carbocycles. The van der Waals surface area contributed by atoms with Gasteiger partial charge in [-0.1, -0.05) is 29.3 Å². The third-order valence-electron chi connectivity index (χ3n) is 6.17. The topological polar surface area (TPSA) is 81.5 Å². The Balaban J connectivity index is 1.58. The lowest BCUT2D eigenvalue weighted by Gasteiger charge is -2.26. The minimum absolute atomic E-state index is 0.133. The number of nitrogens with zero attached hydrogens (tertiary/aromatic N) is 3. The van der Waals surface area contributed by atoms with Crippen molar-refractivity contribution < 1.29 is 17.9 Å². The van der Waals surface area contributed by atoms with Crippen LogP contribution in [0.1, 0.15) is 26.5 Å². The van der Waals surface area contributed by atoms with Gasteiger partial charge in [0.2, 0.25) is 0 Å². The molecular weight excluding hydrogens is 569 g/mol. The highest BCUT2D eigenvalue weighted by atomic mass is 35.5. The van der Waals surface area contributed by atoms with E-state index in [2.05, 4.69) is 11.1 Å². The van der Waals surface area contributed by atoms with Crippen LogP contribution in [-0.2, 0) is 19.6 Å². The summed E-state index contributed by atoms with van der Waals surface area (Å²) in [4.78, 5) is 17.3. The van der Waals surface area contributed by atoms with Crippen molar-refractivity contribution in [3.63, 3.8) is 0 Å². The zero-order valence-electron chi connectivity index (χ0n) is 22.4. The maximum Gasteiger partial charge on any atom is 0.327 e. The number of aryl methyl sites for hydroxylation is 1. The van der Waals surface area contributed by atoms with Gasteiger partial charge in [0.25, 0.3) is 10.0 Å². The molecule has 0 bridgehead atoms. The van der Waals surface area contributed by atoms with Crippen molar-refractivity contribution in [3.05, 3.63) is 94.7 Å². The summed E-state index contributed by atoms with van der Waals surface area (Å²) in [6.07, 6.45) is 1.92. The van der Waals surface area contributed by atoms with Crippen molar-refractivity contribution in [2.75, 3.05) is 10.8 Å². The van der Waals surface area contributed by atoms with Gasteiger partial charge in [-0.15, -0.1) is 0 Å². The first-order chi connectivity index (χ1) is 18.8. The summed E-state index contributed by atoms with van der Waals surface area (Å²) in [5.41, 5.74) is 3.17. The first kappa shape index (κ1) is 28.0. The van der Waals surface area contributed by atoms with Crippen LogP contribution in [0.2, 0.25) is 10.0 Å². The molecule has 0 aliphatic rings. The number of esters is 1. The van der Waals surface area contributed by atoms with Crippen LogP contribution in [-0.4, -0.2) is 36.1 Å². The van der Waals surface area contributed by atoms with Crippen molar-refractivity contribution in [3.8, 4) is 5.69 Å². The largest absolute Gasteiger partial charge is 0.459 e. The number of fused-ring (bicyclic) bond motifs is 2. The summed E-state index contributed by atoms with van der Waals surface area (Å²) in [7, 11) is -4.24. The molecule has 0 fully saturated rings. The Labute approximate surface area is 243 Å². The number of hydrogen-bond acceptors (Lipinski definition) is 5. The van der Waals surface area contributed by atoms with Crippen LogP contribution < -0.4 is 4.31 Å². The maximum atomic E-state index is 13.8. The molecule has 0 radical (unpaired) electrons. The van der Waals surface area contributed by atoms with Gasteiger partial charge in [-0.2, -0.15) is 0 Å². The summed E-state index contributed by atoms with van der Waals surface area (Å²) in [6, 6.07) is 21.2. The van der Waals surface area contributed by atoms with Crippen LogP contribution in [0, 0.1) is 6.92 Å². The van der Waals surface area contributed by atoms with E-state index in [0.717, 1.165) is 37.5 Å². The van der Waals surface area contributed by atoms with Gasteiger partial charge in [0.05, 0.1) is 21.6 Å². The Morgan fingerprint density at radius 2 is 1.65 bits per heavy atom. The molecule has 0 atom stereocenters. The average molecular weight is 597 g/mol. The number of anilines is 1. The van der Waals surface area contributed by atoms with Gasteiger partial charge in [-0.05, 0) is 94.4 Å². The molecule has 0 unspecified atom stereocenters. The monoisotopic (exact) mass is 595 g/mol. The smallest absolute Gasteiger partial charge is 0.327 e. The van der Waals surface area contributed by atoms with E-state index >= 15 is 0 Å². The quantitative estimate of drug-likeness (QED) is 0.192. The molecular formula is C30H27Cl2N3O4S. The molecule has 2 aromatic heterocycles. The molecule has 0 spiro atoms. The predicted molar refractivity (Wildman–Crippen MR) is 160 cm³/mol. The highest BCUT2D eigenvalue weighted by Crippen LogP contribution is 2.32. The first-order valence-corrected chi connectivity index (χ1v) is 14.7. The van der Waals surface area contributed by atoms with E-state index < -0.39 is 28.1 Å². The van der Waals surface area contributed by atoms with Gasteiger partial charge in [0.15, 0.2) is 0 Å². The zero-order chi connectivity index (χ0) is 28.8. The summed E-state index contributed by atoms with van der Waals surface area (Å²) in [5.74, 6) is -0.693. The summed E-state index contributed by atoms with van der Waals surface area (Å²) >= 11 is 12.2. The standard InChI is InChI=1S/C30H27Cl2N3O4S/c1-19-5-6-20-13-24(7-9-27(20)33-19)34-12-11-21-14-25(8-10-28(21)34)35(18-29(36)39-30(2,3)4)40(37,38)26-16-22(31)15-23(32)17-26/h5-17H,18H2,1-4H3. The number of carbonyl (C=O) groups excluding carboxylic acids is 1. The number of sulfonamides is 1. The molecule has 40 heavy (non-hydrogen) atoms. The van der Waals surface area contributed by atoms with E-state index in [1.54, 1.807) is 32.9 Å². The molecule has 5 aromatic rings. The highest BCUT2D eigenvalue weighted by Gasteiger charge is 2.30.